The quantitative estimate of drug-likeness (QED) is 0.603. The monoisotopic (exact) mass is 356 g/mol. The van der Waals surface area contributed by atoms with Crippen LogP contribution < -0.4 is 10.1 Å². The second-order valence-corrected chi connectivity index (χ2v) is 6.06. The van der Waals surface area contributed by atoms with Crippen molar-refractivity contribution < 1.29 is 19.2 Å². The topological polar surface area (TPSA) is 90.7 Å². The van der Waals surface area contributed by atoms with Crippen molar-refractivity contribution in [2.45, 2.75) is 25.4 Å². The summed E-state index contributed by atoms with van der Waals surface area (Å²) in [6, 6.07) is 12.6. The number of nitrogens with zero attached hydrogens (tertiary/aromatic N) is 1. The van der Waals surface area contributed by atoms with Gasteiger partial charge >= 0.3 is 0 Å². The van der Waals surface area contributed by atoms with Crippen molar-refractivity contribution in [2.75, 3.05) is 13.2 Å². The number of ether oxygens (including phenoxy) is 2. The van der Waals surface area contributed by atoms with Gasteiger partial charge in [-0.15, -0.1) is 0 Å². The summed E-state index contributed by atoms with van der Waals surface area (Å²) >= 11 is 0. The van der Waals surface area contributed by atoms with Crippen LogP contribution in [-0.4, -0.2) is 30.1 Å². The fraction of sp³-hybridized carbons (Fsp3) is 0.316. The highest BCUT2D eigenvalue weighted by Crippen LogP contribution is 2.24. The number of rotatable bonds is 7. The minimum atomic E-state index is -0.467. The van der Waals surface area contributed by atoms with Gasteiger partial charge in [0.2, 0.25) is 0 Å². The van der Waals surface area contributed by atoms with Gasteiger partial charge in [-0.3, -0.25) is 14.9 Å². The van der Waals surface area contributed by atoms with Crippen LogP contribution in [0.25, 0.3) is 0 Å². The zero-order chi connectivity index (χ0) is 18.4. The van der Waals surface area contributed by atoms with Crippen molar-refractivity contribution in [3.05, 3.63) is 64.2 Å². The third kappa shape index (κ3) is 4.80. The van der Waals surface area contributed by atoms with Crippen molar-refractivity contribution in [1.82, 2.24) is 5.32 Å². The number of hydrogen-bond donors (Lipinski definition) is 1. The minimum absolute atomic E-state index is 0.00304. The SMILES string of the molecule is O=C(NCCC1CCCO1)c1cccc(Oc2ccc([N+](=O)[O-])cc2)c1. The van der Waals surface area contributed by atoms with E-state index in [1.807, 2.05) is 0 Å². The second kappa shape index (κ2) is 8.44. The molecule has 0 radical (unpaired) electrons. The Morgan fingerprint density at radius 1 is 1.23 bits per heavy atom. The number of nitrogens with one attached hydrogen (secondary N) is 1. The highest BCUT2D eigenvalue weighted by atomic mass is 16.6. The molecule has 1 saturated heterocycles. The lowest BCUT2D eigenvalue weighted by Crippen LogP contribution is -2.27. The van der Waals surface area contributed by atoms with Crippen molar-refractivity contribution in [1.29, 1.82) is 0 Å². The molecule has 7 nitrogen and oxygen atoms in total. The fourth-order valence-electron chi connectivity index (χ4n) is 2.79. The van der Waals surface area contributed by atoms with E-state index in [1.165, 1.54) is 24.3 Å². The molecular formula is C19H20N2O5. The molecule has 0 saturated carbocycles. The number of hydrogen-bond acceptors (Lipinski definition) is 5. The molecule has 1 aliphatic heterocycles. The van der Waals surface area contributed by atoms with E-state index < -0.39 is 4.92 Å². The van der Waals surface area contributed by atoms with E-state index in [4.69, 9.17) is 9.47 Å². The largest absolute Gasteiger partial charge is 0.457 e. The fourth-order valence-corrected chi connectivity index (χ4v) is 2.79. The first-order valence-corrected chi connectivity index (χ1v) is 8.54. The summed E-state index contributed by atoms with van der Waals surface area (Å²) in [4.78, 5) is 22.5. The lowest BCUT2D eigenvalue weighted by atomic mass is 10.1. The molecule has 1 fully saturated rings. The van der Waals surface area contributed by atoms with E-state index in [1.54, 1.807) is 24.3 Å². The normalized spacial score (nSPS) is 16.2. The third-order valence-corrected chi connectivity index (χ3v) is 4.16. The van der Waals surface area contributed by atoms with Gasteiger partial charge < -0.3 is 14.8 Å². The maximum Gasteiger partial charge on any atom is 0.269 e. The predicted molar refractivity (Wildman–Crippen MR) is 95.5 cm³/mol. The van der Waals surface area contributed by atoms with Crippen LogP contribution >= 0.6 is 0 Å². The third-order valence-electron chi connectivity index (χ3n) is 4.16. The molecule has 2 aromatic carbocycles. The van der Waals surface area contributed by atoms with Gasteiger partial charge in [-0.2, -0.15) is 0 Å². The number of nitro benzene ring substituents is 1. The molecule has 1 atom stereocenters. The Kier molecular flexibility index (Phi) is 5.80. The summed E-state index contributed by atoms with van der Waals surface area (Å²) in [5.74, 6) is 0.786. The first-order chi connectivity index (χ1) is 12.6. The average molecular weight is 356 g/mol. The Labute approximate surface area is 151 Å². The molecule has 26 heavy (non-hydrogen) atoms. The molecule has 1 unspecified atom stereocenters. The summed E-state index contributed by atoms with van der Waals surface area (Å²) < 4.78 is 11.2. The van der Waals surface area contributed by atoms with Gasteiger partial charge in [-0.05, 0) is 49.6 Å². The van der Waals surface area contributed by atoms with Crippen LogP contribution in [0.3, 0.4) is 0 Å². The van der Waals surface area contributed by atoms with E-state index in [-0.39, 0.29) is 17.7 Å². The molecule has 1 aliphatic rings. The Bertz CT molecular complexity index is 770. The van der Waals surface area contributed by atoms with Crippen LogP contribution in [0, 0.1) is 10.1 Å². The number of carbonyl (C=O) groups excluding carboxylic acids is 1. The number of amides is 1. The van der Waals surface area contributed by atoms with Crippen LogP contribution in [0.4, 0.5) is 5.69 Å². The van der Waals surface area contributed by atoms with Gasteiger partial charge in [0.05, 0.1) is 11.0 Å². The molecule has 3 rings (SSSR count). The van der Waals surface area contributed by atoms with E-state index in [0.717, 1.165) is 25.9 Å². The van der Waals surface area contributed by atoms with Crippen molar-refractivity contribution in [2.24, 2.45) is 0 Å². The highest BCUT2D eigenvalue weighted by Gasteiger charge is 2.15. The predicted octanol–water partition coefficient (Wildman–Crippen LogP) is 3.69. The van der Waals surface area contributed by atoms with Crippen LogP contribution in [0.15, 0.2) is 48.5 Å². The summed E-state index contributed by atoms with van der Waals surface area (Å²) in [6.45, 7) is 1.37. The molecule has 1 amide bonds. The molecule has 0 bridgehead atoms. The van der Waals surface area contributed by atoms with E-state index >= 15 is 0 Å². The van der Waals surface area contributed by atoms with E-state index in [9.17, 15) is 14.9 Å². The molecule has 136 valence electrons. The van der Waals surface area contributed by atoms with Crippen molar-refractivity contribution in [3.8, 4) is 11.5 Å². The first-order valence-electron chi connectivity index (χ1n) is 8.54. The van der Waals surface area contributed by atoms with Crippen LogP contribution in [-0.2, 0) is 4.74 Å². The second-order valence-electron chi connectivity index (χ2n) is 6.06. The molecule has 0 aromatic heterocycles. The zero-order valence-electron chi connectivity index (χ0n) is 14.2. The first kappa shape index (κ1) is 17.9. The van der Waals surface area contributed by atoms with E-state index in [2.05, 4.69) is 5.32 Å². The summed E-state index contributed by atoms with van der Waals surface area (Å²) in [7, 11) is 0. The van der Waals surface area contributed by atoms with Gasteiger partial charge in [0.1, 0.15) is 11.5 Å². The molecule has 1 N–H and O–H groups in total. The Hall–Kier alpha value is -2.93. The highest BCUT2D eigenvalue weighted by molar-refractivity contribution is 5.94. The van der Waals surface area contributed by atoms with Gasteiger partial charge in [0, 0.05) is 30.8 Å². The zero-order valence-corrected chi connectivity index (χ0v) is 14.2. The average Bonchev–Trinajstić information content (AvgIpc) is 3.16. The summed E-state index contributed by atoms with van der Waals surface area (Å²) in [5, 5.41) is 13.6. The van der Waals surface area contributed by atoms with E-state index in [0.29, 0.717) is 23.6 Å². The Balaban J connectivity index is 1.56. The number of nitro groups is 1. The van der Waals surface area contributed by atoms with Crippen LogP contribution in [0.5, 0.6) is 11.5 Å². The van der Waals surface area contributed by atoms with Gasteiger partial charge in [-0.1, -0.05) is 6.07 Å². The number of carbonyl (C=O) groups is 1. The summed E-state index contributed by atoms with van der Waals surface area (Å²) in [5.41, 5.74) is 0.494. The maximum atomic E-state index is 12.3. The van der Waals surface area contributed by atoms with Crippen LogP contribution in [0.2, 0.25) is 0 Å². The molecule has 0 spiro atoms. The standard InChI is InChI=1S/C19H20N2O5/c22-19(20-11-10-16-5-2-12-25-16)14-3-1-4-18(13-14)26-17-8-6-15(7-9-17)21(23)24/h1,3-4,6-9,13,16H,2,5,10-12H2,(H,20,22). The Morgan fingerprint density at radius 2 is 2.04 bits per heavy atom. The smallest absolute Gasteiger partial charge is 0.269 e. The van der Waals surface area contributed by atoms with Crippen molar-refractivity contribution in [3.63, 3.8) is 0 Å². The lowest BCUT2D eigenvalue weighted by molar-refractivity contribution is -0.384. The van der Waals surface area contributed by atoms with Gasteiger partial charge in [0.15, 0.2) is 0 Å². The molecule has 0 aliphatic carbocycles. The van der Waals surface area contributed by atoms with Crippen molar-refractivity contribution >= 4 is 11.6 Å². The lowest BCUT2D eigenvalue weighted by Gasteiger charge is -2.11. The summed E-state index contributed by atoms with van der Waals surface area (Å²) in [6.07, 6.45) is 3.19. The molecule has 2 aromatic rings. The van der Waals surface area contributed by atoms with Gasteiger partial charge in [-0.25, -0.2) is 0 Å². The molecular weight excluding hydrogens is 336 g/mol. The van der Waals surface area contributed by atoms with Crippen LogP contribution in [0.1, 0.15) is 29.6 Å². The maximum absolute atomic E-state index is 12.3. The number of benzene rings is 2. The Morgan fingerprint density at radius 3 is 2.73 bits per heavy atom. The van der Waals surface area contributed by atoms with Gasteiger partial charge in [0.25, 0.3) is 11.6 Å². The molecule has 1 heterocycles. The minimum Gasteiger partial charge on any atom is -0.457 e. The number of non-ortho nitro benzene ring substituents is 1. The molecule has 7 heteroatoms.